The molecule has 0 saturated carbocycles. The fourth-order valence-electron chi connectivity index (χ4n) is 2.25. The van der Waals surface area contributed by atoms with Crippen molar-refractivity contribution in [3.8, 4) is 0 Å². The van der Waals surface area contributed by atoms with Crippen LogP contribution in [0.4, 0.5) is 15.8 Å². The Morgan fingerprint density at radius 3 is 2.31 bits per heavy atom. The SMILES string of the molecule is CSc1ncc(Cl)c(C(=O)Nc2ccc(NS(=O)(=O)c3ccc(F)cc3)cc2)n1. The van der Waals surface area contributed by atoms with Crippen LogP contribution in [0.25, 0.3) is 0 Å². The molecule has 1 heterocycles. The largest absolute Gasteiger partial charge is 0.321 e. The van der Waals surface area contributed by atoms with Gasteiger partial charge >= 0.3 is 0 Å². The van der Waals surface area contributed by atoms with Crippen LogP contribution in [-0.2, 0) is 10.0 Å². The Morgan fingerprint density at radius 1 is 1.07 bits per heavy atom. The summed E-state index contributed by atoms with van der Waals surface area (Å²) in [5.41, 5.74) is 0.726. The van der Waals surface area contributed by atoms with Crippen LogP contribution < -0.4 is 10.0 Å². The molecule has 2 aromatic carbocycles. The second kappa shape index (κ2) is 8.76. The van der Waals surface area contributed by atoms with Crippen molar-refractivity contribution in [1.29, 1.82) is 0 Å². The van der Waals surface area contributed by atoms with Gasteiger partial charge in [0.25, 0.3) is 15.9 Å². The van der Waals surface area contributed by atoms with Gasteiger partial charge in [0.2, 0.25) is 0 Å². The Bertz CT molecular complexity index is 1140. The van der Waals surface area contributed by atoms with Crippen LogP contribution in [0, 0.1) is 5.82 Å². The number of hydrogen-bond acceptors (Lipinski definition) is 6. The standard InChI is InChI=1S/C18H14ClFN4O3S2/c1-28-18-21-10-15(19)16(23-18)17(25)22-12-4-6-13(7-5-12)24-29(26,27)14-8-2-11(20)3-9-14/h2-10,24H,1H3,(H,22,25). The van der Waals surface area contributed by atoms with E-state index in [0.29, 0.717) is 10.8 Å². The van der Waals surface area contributed by atoms with Crippen LogP contribution in [0.1, 0.15) is 10.5 Å². The van der Waals surface area contributed by atoms with Gasteiger partial charge in [0.05, 0.1) is 16.1 Å². The number of anilines is 2. The van der Waals surface area contributed by atoms with Gasteiger partial charge < -0.3 is 5.32 Å². The van der Waals surface area contributed by atoms with Crippen molar-refractivity contribution in [2.75, 3.05) is 16.3 Å². The number of benzene rings is 2. The van der Waals surface area contributed by atoms with Crippen LogP contribution in [0.15, 0.2) is 64.8 Å². The number of sulfonamides is 1. The maximum absolute atomic E-state index is 13.0. The van der Waals surface area contributed by atoms with E-state index in [1.54, 1.807) is 6.26 Å². The molecule has 0 unspecified atom stereocenters. The van der Waals surface area contributed by atoms with Crippen LogP contribution in [0.5, 0.6) is 0 Å². The molecule has 1 amide bonds. The average Bonchev–Trinajstić information content (AvgIpc) is 2.70. The van der Waals surface area contributed by atoms with E-state index in [9.17, 15) is 17.6 Å². The van der Waals surface area contributed by atoms with E-state index < -0.39 is 21.7 Å². The molecule has 150 valence electrons. The molecular formula is C18H14ClFN4O3S2. The van der Waals surface area contributed by atoms with Gasteiger partial charge in [0.1, 0.15) is 5.82 Å². The number of carbonyl (C=O) groups excluding carboxylic acids is 1. The summed E-state index contributed by atoms with van der Waals surface area (Å²) in [7, 11) is -3.86. The molecule has 3 rings (SSSR count). The Balaban J connectivity index is 1.72. The topological polar surface area (TPSA) is 101 Å². The smallest absolute Gasteiger partial charge is 0.275 e. The third-order valence-electron chi connectivity index (χ3n) is 3.64. The van der Waals surface area contributed by atoms with Crippen LogP contribution in [0.3, 0.4) is 0 Å². The van der Waals surface area contributed by atoms with Crippen molar-refractivity contribution in [2.45, 2.75) is 10.1 Å². The lowest BCUT2D eigenvalue weighted by Crippen LogP contribution is -2.15. The summed E-state index contributed by atoms with van der Waals surface area (Å²) in [6.07, 6.45) is 3.12. The van der Waals surface area contributed by atoms with Crippen LogP contribution in [0.2, 0.25) is 5.02 Å². The molecule has 7 nitrogen and oxygen atoms in total. The van der Waals surface area contributed by atoms with Gasteiger partial charge in [-0.2, -0.15) is 0 Å². The number of aromatic nitrogens is 2. The second-order valence-corrected chi connectivity index (χ2v) is 8.51. The number of rotatable bonds is 6. The molecule has 0 radical (unpaired) electrons. The zero-order valence-electron chi connectivity index (χ0n) is 14.9. The zero-order chi connectivity index (χ0) is 21.0. The molecule has 0 aliphatic carbocycles. The molecular weight excluding hydrogens is 439 g/mol. The quantitative estimate of drug-likeness (QED) is 0.432. The fourth-order valence-corrected chi connectivity index (χ4v) is 3.82. The highest BCUT2D eigenvalue weighted by Gasteiger charge is 2.16. The monoisotopic (exact) mass is 452 g/mol. The summed E-state index contributed by atoms with van der Waals surface area (Å²) in [5, 5.41) is 3.16. The molecule has 29 heavy (non-hydrogen) atoms. The lowest BCUT2D eigenvalue weighted by Gasteiger charge is -2.10. The predicted octanol–water partition coefficient (Wildman–Crippen LogP) is 4.04. The minimum atomic E-state index is -3.86. The van der Waals surface area contributed by atoms with E-state index in [4.69, 9.17) is 11.6 Å². The molecule has 2 N–H and O–H groups in total. The molecule has 0 fully saturated rings. The summed E-state index contributed by atoms with van der Waals surface area (Å²) in [6.45, 7) is 0. The molecule has 0 bridgehead atoms. The van der Waals surface area contributed by atoms with E-state index in [-0.39, 0.29) is 21.3 Å². The molecule has 1 aromatic heterocycles. The van der Waals surface area contributed by atoms with Crippen molar-refractivity contribution in [2.24, 2.45) is 0 Å². The maximum atomic E-state index is 13.0. The van der Waals surface area contributed by atoms with Gasteiger partial charge in [0, 0.05) is 11.4 Å². The number of halogens is 2. The highest BCUT2D eigenvalue weighted by Crippen LogP contribution is 2.21. The minimum Gasteiger partial charge on any atom is -0.321 e. The number of carbonyl (C=O) groups is 1. The van der Waals surface area contributed by atoms with E-state index in [1.807, 2.05) is 0 Å². The molecule has 0 spiro atoms. The maximum Gasteiger partial charge on any atom is 0.275 e. The van der Waals surface area contributed by atoms with Gasteiger partial charge in [-0.15, -0.1) is 0 Å². The Kier molecular flexibility index (Phi) is 6.36. The summed E-state index contributed by atoms with van der Waals surface area (Å²) >= 11 is 7.26. The van der Waals surface area contributed by atoms with Crippen molar-refractivity contribution in [3.63, 3.8) is 0 Å². The Labute approximate surface area is 175 Å². The zero-order valence-corrected chi connectivity index (χ0v) is 17.3. The average molecular weight is 453 g/mol. The molecule has 0 aliphatic rings. The van der Waals surface area contributed by atoms with Gasteiger partial charge in [-0.3, -0.25) is 9.52 Å². The Morgan fingerprint density at radius 2 is 1.69 bits per heavy atom. The highest BCUT2D eigenvalue weighted by molar-refractivity contribution is 7.98. The second-order valence-electron chi connectivity index (χ2n) is 5.64. The summed E-state index contributed by atoms with van der Waals surface area (Å²) in [5.74, 6) is -1.05. The number of thioether (sulfide) groups is 1. The van der Waals surface area contributed by atoms with Gasteiger partial charge in [-0.1, -0.05) is 23.4 Å². The Hall–Kier alpha value is -2.69. The van der Waals surface area contributed by atoms with E-state index >= 15 is 0 Å². The van der Waals surface area contributed by atoms with Crippen molar-refractivity contribution in [3.05, 3.63) is 71.3 Å². The van der Waals surface area contributed by atoms with E-state index in [0.717, 1.165) is 12.1 Å². The molecule has 11 heteroatoms. The van der Waals surface area contributed by atoms with Crippen LogP contribution in [-0.4, -0.2) is 30.5 Å². The van der Waals surface area contributed by atoms with Crippen molar-refractivity contribution in [1.82, 2.24) is 9.97 Å². The van der Waals surface area contributed by atoms with E-state index in [2.05, 4.69) is 20.0 Å². The summed E-state index contributed by atoms with van der Waals surface area (Å²) < 4.78 is 40.0. The number of amides is 1. The third kappa shape index (κ3) is 5.22. The molecule has 0 saturated heterocycles. The molecule has 3 aromatic rings. The van der Waals surface area contributed by atoms with Crippen LogP contribution >= 0.6 is 23.4 Å². The number of hydrogen-bond donors (Lipinski definition) is 2. The van der Waals surface area contributed by atoms with Crippen molar-refractivity contribution < 1.29 is 17.6 Å². The summed E-state index contributed by atoms with van der Waals surface area (Å²) in [6, 6.07) is 10.5. The first-order valence-electron chi connectivity index (χ1n) is 8.05. The third-order valence-corrected chi connectivity index (χ3v) is 5.87. The first-order chi connectivity index (χ1) is 13.8. The lowest BCUT2D eigenvalue weighted by atomic mass is 10.2. The van der Waals surface area contributed by atoms with E-state index in [1.165, 1.54) is 54.4 Å². The van der Waals surface area contributed by atoms with Gasteiger partial charge in [-0.05, 0) is 54.8 Å². The minimum absolute atomic E-state index is 0.0344. The predicted molar refractivity (Wildman–Crippen MR) is 110 cm³/mol. The highest BCUT2D eigenvalue weighted by atomic mass is 35.5. The number of nitrogens with one attached hydrogen (secondary N) is 2. The number of nitrogens with zero attached hydrogens (tertiary/aromatic N) is 2. The van der Waals surface area contributed by atoms with Crippen molar-refractivity contribution >= 4 is 50.7 Å². The first-order valence-corrected chi connectivity index (χ1v) is 11.1. The van der Waals surface area contributed by atoms with Gasteiger partial charge in [0.15, 0.2) is 10.9 Å². The lowest BCUT2D eigenvalue weighted by molar-refractivity contribution is 0.102. The first kappa shape index (κ1) is 21.0. The molecule has 0 atom stereocenters. The molecule has 0 aliphatic heterocycles. The normalized spacial score (nSPS) is 11.1. The summed E-state index contributed by atoms with van der Waals surface area (Å²) in [4.78, 5) is 20.4. The van der Waals surface area contributed by atoms with Gasteiger partial charge in [-0.25, -0.2) is 22.8 Å². The fraction of sp³-hybridized carbons (Fsp3) is 0.0556.